The number of nitrogens with two attached hydrogens (primary N) is 1. The molecule has 1 aromatic carbocycles. The summed E-state index contributed by atoms with van der Waals surface area (Å²) in [7, 11) is 0. The Morgan fingerprint density at radius 1 is 1.33 bits per heavy atom. The molecule has 0 saturated carbocycles. The number of hydrogen-bond acceptors (Lipinski definition) is 2. The van der Waals surface area contributed by atoms with Crippen LogP contribution in [0.15, 0.2) is 30.5 Å². The molecule has 1 heterocycles. The molecule has 0 spiro atoms. The molecule has 60 valence electrons. The lowest BCUT2D eigenvalue weighted by molar-refractivity contribution is -0.621. The maximum Gasteiger partial charge on any atom is 0.318 e. The van der Waals surface area contributed by atoms with Crippen LogP contribution in [0.25, 0.3) is 10.9 Å². The molecule has 2 aromatic rings. The van der Waals surface area contributed by atoms with Crippen molar-refractivity contribution in [2.24, 2.45) is 0 Å². The van der Waals surface area contributed by atoms with Crippen LogP contribution < -0.4 is 10.5 Å². The number of benzene rings is 1. The molecule has 0 unspecified atom stereocenters. The van der Waals surface area contributed by atoms with Gasteiger partial charge < -0.3 is 0 Å². The average molecular weight is 160 g/mol. The Hall–Kier alpha value is -1.64. The van der Waals surface area contributed by atoms with E-state index in [1.54, 1.807) is 4.68 Å². The van der Waals surface area contributed by atoms with E-state index in [2.05, 4.69) is 4.98 Å². The predicted molar refractivity (Wildman–Crippen MR) is 46.8 cm³/mol. The standard InChI is InChI=1S/C9H10N3/c1-7-11-6-8-4-2-3-5-9(8)12(7)10/h2-6H,10H2,1H3/q+1. The Labute approximate surface area is 70.4 Å². The van der Waals surface area contributed by atoms with Crippen molar-refractivity contribution >= 4 is 10.9 Å². The van der Waals surface area contributed by atoms with Gasteiger partial charge >= 0.3 is 5.82 Å². The number of hydrogen-bond donors (Lipinski definition) is 1. The van der Waals surface area contributed by atoms with Crippen molar-refractivity contribution in [1.29, 1.82) is 0 Å². The third-order valence-electron chi connectivity index (χ3n) is 1.94. The highest BCUT2D eigenvalue weighted by Crippen LogP contribution is 2.06. The monoisotopic (exact) mass is 160 g/mol. The molecular weight excluding hydrogens is 150 g/mol. The summed E-state index contributed by atoms with van der Waals surface area (Å²) in [6.45, 7) is 1.88. The highest BCUT2D eigenvalue weighted by molar-refractivity contribution is 5.74. The third kappa shape index (κ3) is 0.906. The number of rotatable bonds is 0. The highest BCUT2D eigenvalue weighted by Gasteiger charge is 2.07. The predicted octanol–water partition coefficient (Wildman–Crippen LogP) is 0.545. The van der Waals surface area contributed by atoms with Crippen LogP contribution in [0.5, 0.6) is 0 Å². The van der Waals surface area contributed by atoms with Gasteiger partial charge in [-0.05, 0) is 12.1 Å². The van der Waals surface area contributed by atoms with Gasteiger partial charge in [0.25, 0.3) is 0 Å². The van der Waals surface area contributed by atoms with E-state index in [4.69, 9.17) is 5.84 Å². The normalized spacial score (nSPS) is 10.4. The summed E-state index contributed by atoms with van der Waals surface area (Å²) in [5.41, 5.74) is 1.00. The van der Waals surface area contributed by atoms with E-state index in [0.29, 0.717) is 0 Å². The Bertz CT molecular complexity index is 423. The number of para-hydroxylation sites is 1. The molecule has 0 atom stereocenters. The van der Waals surface area contributed by atoms with Crippen molar-refractivity contribution in [2.45, 2.75) is 6.92 Å². The Morgan fingerprint density at radius 2 is 2.08 bits per heavy atom. The molecule has 3 heteroatoms. The Kier molecular flexibility index (Phi) is 1.43. The summed E-state index contributed by atoms with van der Waals surface area (Å²) >= 11 is 0. The van der Waals surface area contributed by atoms with Gasteiger partial charge in [0.2, 0.25) is 0 Å². The zero-order chi connectivity index (χ0) is 8.55. The Balaban J connectivity index is 2.91. The van der Waals surface area contributed by atoms with E-state index in [0.717, 1.165) is 16.7 Å². The molecule has 0 aliphatic carbocycles. The lowest BCUT2D eigenvalue weighted by Crippen LogP contribution is -2.48. The van der Waals surface area contributed by atoms with Crippen LogP contribution in [0.3, 0.4) is 0 Å². The molecule has 12 heavy (non-hydrogen) atoms. The van der Waals surface area contributed by atoms with Gasteiger partial charge in [0.05, 0.1) is 5.39 Å². The van der Waals surface area contributed by atoms with E-state index in [1.165, 1.54) is 0 Å². The van der Waals surface area contributed by atoms with Gasteiger partial charge in [-0.2, -0.15) is 0 Å². The van der Waals surface area contributed by atoms with E-state index < -0.39 is 0 Å². The molecule has 0 saturated heterocycles. The summed E-state index contributed by atoms with van der Waals surface area (Å²) in [5.74, 6) is 6.59. The minimum absolute atomic E-state index is 0.814. The lowest BCUT2D eigenvalue weighted by Gasteiger charge is -1.96. The summed E-state index contributed by atoms with van der Waals surface area (Å²) in [4.78, 5) is 4.14. The summed E-state index contributed by atoms with van der Waals surface area (Å²) in [6.07, 6.45) is 1.83. The number of fused-ring (bicyclic) bond motifs is 1. The Morgan fingerprint density at radius 3 is 2.92 bits per heavy atom. The molecule has 0 aliphatic rings. The van der Waals surface area contributed by atoms with Crippen LogP contribution in [-0.4, -0.2) is 4.98 Å². The molecule has 0 fully saturated rings. The first kappa shape index (κ1) is 7.03. The number of nitrogens with zero attached hydrogens (tertiary/aromatic N) is 2. The highest BCUT2D eigenvalue weighted by atomic mass is 15.3. The molecule has 2 rings (SSSR count). The van der Waals surface area contributed by atoms with Gasteiger partial charge in [-0.25, -0.2) is 0 Å². The lowest BCUT2D eigenvalue weighted by atomic mass is 10.2. The molecule has 1 aromatic heterocycles. The molecule has 0 radical (unpaired) electrons. The second-order valence-corrected chi connectivity index (χ2v) is 2.73. The number of aromatic nitrogens is 2. The first-order valence-electron chi connectivity index (χ1n) is 3.80. The van der Waals surface area contributed by atoms with Gasteiger partial charge in [0.1, 0.15) is 0 Å². The molecule has 2 N–H and O–H groups in total. The van der Waals surface area contributed by atoms with Crippen LogP contribution in [0, 0.1) is 6.92 Å². The minimum Gasteiger partial charge on any atom is -0.268 e. The fourth-order valence-corrected chi connectivity index (χ4v) is 1.22. The van der Waals surface area contributed by atoms with Crippen LogP contribution in [0.2, 0.25) is 0 Å². The van der Waals surface area contributed by atoms with Crippen LogP contribution in [0.4, 0.5) is 0 Å². The van der Waals surface area contributed by atoms with Crippen molar-refractivity contribution in [3.05, 3.63) is 36.3 Å². The fraction of sp³-hybridized carbons (Fsp3) is 0.111. The second-order valence-electron chi connectivity index (χ2n) is 2.73. The summed E-state index contributed by atoms with van der Waals surface area (Å²) < 4.78 is 1.59. The molecule has 0 aliphatic heterocycles. The third-order valence-corrected chi connectivity index (χ3v) is 1.94. The molecule has 3 nitrogen and oxygen atoms in total. The molecule has 0 bridgehead atoms. The van der Waals surface area contributed by atoms with E-state index in [9.17, 15) is 0 Å². The SMILES string of the molecule is Cc1ncc2ccccc2[n+]1N. The first-order valence-corrected chi connectivity index (χ1v) is 3.80. The van der Waals surface area contributed by atoms with Crippen LogP contribution in [-0.2, 0) is 0 Å². The summed E-state index contributed by atoms with van der Waals surface area (Å²) in [6, 6.07) is 7.90. The minimum atomic E-state index is 0.814. The zero-order valence-electron chi connectivity index (χ0n) is 6.86. The molecular formula is C9H10N3+. The van der Waals surface area contributed by atoms with Gasteiger partial charge in [-0.3, -0.25) is 5.84 Å². The van der Waals surface area contributed by atoms with Crippen molar-refractivity contribution in [3.63, 3.8) is 0 Å². The van der Waals surface area contributed by atoms with E-state index in [-0.39, 0.29) is 0 Å². The van der Waals surface area contributed by atoms with Gasteiger partial charge in [0, 0.05) is 6.92 Å². The van der Waals surface area contributed by atoms with Crippen LogP contribution in [0.1, 0.15) is 5.82 Å². The smallest absolute Gasteiger partial charge is 0.268 e. The van der Waals surface area contributed by atoms with Crippen molar-refractivity contribution in [3.8, 4) is 0 Å². The largest absolute Gasteiger partial charge is 0.318 e. The zero-order valence-corrected chi connectivity index (χ0v) is 6.86. The van der Waals surface area contributed by atoms with E-state index in [1.807, 2.05) is 37.4 Å². The maximum atomic E-state index is 5.77. The van der Waals surface area contributed by atoms with Gasteiger partial charge in [0.15, 0.2) is 11.7 Å². The first-order chi connectivity index (χ1) is 5.79. The maximum absolute atomic E-state index is 5.77. The summed E-state index contributed by atoms with van der Waals surface area (Å²) in [5, 5.41) is 1.06. The van der Waals surface area contributed by atoms with E-state index >= 15 is 0 Å². The quantitative estimate of drug-likeness (QED) is 0.451. The van der Waals surface area contributed by atoms with Crippen LogP contribution >= 0.6 is 0 Å². The number of aryl methyl sites for hydroxylation is 1. The van der Waals surface area contributed by atoms with Gasteiger partial charge in [-0.15, -0.1) is 4.68 Å². The topological polar surface area (TPSA) is 42.8 Å². The van der Waals surface area contributed by atoms with Gasteiger partial charge in [-0.1, -0.05) is 17.1 Å². The molecule has 0 amide bonds. The average Bonchev–Trinajstić information content (AvgIpc) is 2.12. The van der Waals surface area contributed by atoms with Crippen molar-refractivity contribution < 1.29 is 4.68 Å². The van der Waals surface area contributed by atoms with Crippen molar-refractivity contribution in [2.75, 3.05) is 5.84 Å². The fourth-order valence-electron chi connectivity index (χ4n) is 1.22. The number of nitrogen functional groups attached to an aromatic ring is 1. The second kappa shape index (κ2) is 2.44. The van der Waals surface area contributed by atoms with Crippen molar-refractivity contribution in [1.82, 2.24) is 4.98 Å².